The van der Waals surface area contributed by atoms with Crippen LogP contribution in [0, 0.1) is 5.82 Å². The molecule has 0 fully saturated rings. The summed E-state index contributed by atoms with van der Waals surface area (Å²) in [7, 11) is 0. The van der Waals surface area contributed by atoms with Crippen LogP contribution in [0.5, 0.6) is 0 Å². The standard InChI is InChI=1S/C20H16FNO5/c1-2-22-17-12(9-15(23)24)8-13(21)10-14(17)19(25)16(20(26)27)18(22)11-6-4-3-5-7-11/h3-8,10H,2,9H2,1H3,(H,23,24)(H,26,27). The Hall–Kier alpha value is -3.48. The zero-order chi connectivity index (χ0) is 19.7. The lowest BCUT2D eigenvalue weighted by Gasteiger charge is -2.20. The van der Waals surface area contributed by atoms with Crippen LogP contribution in [-0.4, -0.2) is 26.7 Å². The van der Waals surface area contributed by atoms with E-state index >= 15 is 0 Å². The minimum atomic E-state index is -1.42. The molecule has 2 aromatic carbocycles. The lowest BCUT2D eigenvalue weighted by Crippen LogP contribution is -2.23. The summed E-state index contributed by atoms with van der Waals surface area (Å²) in [6.07, 6.45) is -0.492. The molecule has 138 valence electrons. The SMILES string of the molecule is CCn1c(-c2ccccc2)c(C(=O)O)c(=O)c2cc(F)cc(CC(=O)O)c21. The van der Waals surface area contributed by atoms with E-state index in [-0.39, 0.29) is 28.7 Å². The maximum Gasteiger partial charge on any atom is 0.341 e. The van der Waals surface area contributed by atoms with E-state index in [1.165, 1.54) is 0 Å². The number of aromatic carboxylic acids is 1. The van der Waals surface area contributed by atoms with E-state index < -0.39 is 35.2 Å². The number of aliphatic carboxylic acids is 1. The number of rotatable bonds is 5. The van der Waals surface area contributed by atoms with E-state index in [2.05, 4.69) is 0 Å². The first-order chi connectivity index (χ1) is 12.8. The molecule has 0 aliphatic heterocycles. The van der Waals surface area contributed by atoms with Crippen LogP contribution >= 0.6 is 0 Å². The average Bonchev–Trinajstić information content (AvgIpc) is 2.61. The minimum Gasteiger partial charge on any atom is -0.481 e. The van der Waals surface area contributed by atoms with Crippen molar-refractivity contribution in [2.75, 3.05) is 0 Å². The van der Waals surface area contributed by atoms with Crippen molar-refractivity contribution in [1.29, 1.82) is 0 Å². The molecule has 0 aliphatic rings. The molecule has 0 aliphatic carbocycles. The number of hydrogen-bond donors (Lipinski definition) is 2. The Labute approximate surface area is 153 Å². The van der Waals surface area contributed by atoms with Crippen molar-refractivity contribution in [3.63, 3.8) is 0 Å². The molecule has 1 heterocycles. The van der Waals surface area contributed by atoms with Crippen LogP contribution in [-0.2, 0) is 17.8 Å². The summed E-state index contributed by atoms with van der Waals surface area (Å²) in [5.41, 5.74) is -0.293. The molecule has 0 spiro atoms. The van der Waals surface area contributed by atoms with E-state index in [9.17, 15) is 29.0 Å². The fourth-order valence-corrected chi connectivity index (χ4v) is 3.35. The predicted octanol–water partition coefficient (Wildman–Crippen LogP) is 3.15. The number of carboxylic acid groups (broad SMARTS) is 2. The lowest BCUT2D eigenvalue weighted by atomic mass is 9.98. The zero-order valence-electron chi connectivity index (χ0n) is 14.4. The topological polar surface area (TPSA) is 96.6 Å². The van der Waals surface area contributed by atoms with Gasteiger partial charge in [-0.1, -0.05) is 30.3 Å². The molecule has 27 heavy (non-hydrogen) atoms. The number of aromatic nitrogens is 1. The zero-order valence-corrected chi connectivity index (χ0v) is 14.4. The molecule has 2 N–H and O–H groups in total. The molecule has 1 aromatic heterocycles. The van der Waals surface area contributed by atoms with E-state index in [1.807, 2.05) is 0 Å². The molecule has 3 rings (SSSR count). The van der Waals surface area contributed by atoms with Crippen LogP contribution in [0.4, 0.5) is 4.39 Å². The number of hydrogen-bond acceptors (Lipinski definition) is 3. The van der Waals surface area contributed by atoms with Crippen molar-refractivity contribution < 1.29 is 24.2 Å². The molecular weight excluding hydrogens is 353 g/mol. The average molecular weight is 369 g/mol. The van der Waals surface area contributed by atoms with Crippen molar-refractivity contribution >= 4 is 22.8 Å². The fourth-order valence-electron chi connectivity index (χ4n) is 3.35. The van der Waals surface area contributed by atoms with Crippen LogP contribution in [0.3, 0.4) is 0 Å². The Morgan fingerprint density at radius 3 is 2.33 bits per heavy atom. The van der Waals surface area contributed by atoms with Crippen molar-refractivity contribution in [2.45, 2.75) is 19.9 Å². The number of halogens is 1. The van der Waals surface area contributed by atoms with Crippen molar-refractivity contribution in [3.8, 4) is 11.3 Å². The first kappa shape index (κ1) is 18.3. The summed E-state index contributed by atoms with van der Waals surface area (Å²) in [5, 5.41) is 18.7. The fraction of sp³-hybridized carbons (Fsp3) is 0.150. The van der Waals surface area contributed by atoms with Gasteiger partial charge >= 0.3 is 11.9 Å². The number of benzene rings is 2. The summed E-state index contributed by atoms with van der Waals surface area (Å²) < 4.78 is 15.6. The molecule has 0 saturated carbocycles. The van der Waals surface area contributed by atoms with Gasteiger partial charge < -0.3 is 14.8 Å². The van der Waals surface area contributed by atoms with Gasteiger partial charge in [-0.25, -0.2) is 9.18 Å². The molecule has 0 amide bonds. The first-order valence-corrected chi connectivity index (χ1v) is 8.24. The van der Waals surface area contributed by atoms with Gasteiger partial charge in [-0.05, 0) is 30.2 Å². The van der Waals surface area contributed by atoms with E-state index in [0.717, 1.165) is 12.1 Å². The van der Waals surface area contributed by atoms with Gasteiger partial charge in [0.15, 0.2) is 0 Å². The van der Waals surface area contributed by atoms with Crippen LogP contribution in [0.25, 0.3) is 22.2 Å². The van der Waals surface area contributed by atoms with E-state index in [0.29, 0.717) is 5.56 Å². The maximum absolute atomic E-state index is 14.0. The van der Waals surface area contributed by atoms with Gasteiger partial charge in [0.1, 0.15) is 11.4 Å². The highest BCUT2D eigenvalue weighted by molar-refractivity contribution is 6.00. The molecule has 0 unspecified atom stereocenters. The second-order valence-electron chi connectivity index (χ2n) is 6.00. The molecule has 0 atom stereocenters. The number of carboxylic acids is 2. The third-order valence-corrected chi connectivity index (χ3v) is 4.32. The summed E-state index contributed by atoms with van der Waals surface area (Å²) in [6, 6.07) is 10.5. The van der Waals surface area contributed by atoms with Gasteiger partial charge in [-0.3, -0.25) is 9.59 Å². The lowest BCUT2D eigenvalue weighted by molar-refractivity contribution is -0.136. The van der Waals surface area contributed by atoms with Gasteiger partial charge in [-0.2, -0.15) is 0 Å². The van der Waals surface area contributed by atoms with Gasteiger partial charge in [0.2, 0.25) is 5.43 Å². The van der Waals surface area contributed by atoms with Gasteiger partial charge in [0.25, 0.3) is 0 Å². The van der Waals surface area contributed by atoms with Crippen LogP contribution < -0.4 is 5.43 Å². The molecule has 6 nitrogen and oxygen atoms in total. The largest absolute Gasteiger partial charge is 0.481 e. The summed E-state index contributed by atoms with van der Waals surface area (Å²) in [5.74, 6) is -3.39. The van der Waals surface area contributed by atoms with Crippen LogP contribution in [0.15, 0.2) is 47.3 Å². The summed E-state index contributed by atoms with van der Waals surface area (Å²) >= 11 is 0. The second-order valence-corrected chi connectivity index (χ2v) is 6.00. The summed E-state index contributed by atoms with van der Waals surface area (Å²) in [4.78, 5) is 36.0. The molecular formula is C20H16FNO5. The van der Waals surface area contributed by atoms with Gasteiger partial charge in [-0.15, -0.1) is 0 Å². The number of pyridine rings is 1. The molecule has 3 aromatic rings. The van der Waals surface area contributed by atoms with E-state index in [1.54, 1.807) is 41.8 Å². The Morgan fingerprint density at radius 1 is 1.11 bits per heavy atom. The first-order valence-electron chi connectivity index (χ1n) is 8.24. The minimum absolute atomic E-state index is 0.116. The van der Waals surface area contributed by atoms with Crippen LogP contribution in [0.2, 0.25) is 0 Å². The molecule has 0 radical (unpaired) electrons. The Bertz CT molecular complexity index is 1120. The smallest absolute Gasteiger partial charge is 0.341 e. The van der Waals surface area contributed by atoms with E-state index in [4.69, 9.17) is 0 Å². The maximum atomic E-state index is 14.0. The quantitative estimate of drug-likeness (QED) is 0.720. The van der Waals surface area contributed by atoms with Gasteiger partial charge in [0.05, 0.1) is 17.6 Å². The normalized spacial score (nSPS) is 10.9. The third-order valence-electron chi connectivity index (χ3n) is 4.32. The number of carbonyl (C=O) groups is 2. The number of aryl methyl sites for hydroxylation is 1. The molecule has 0 bridgehead atoms. The van der Waals surface area contributed by atoms with Crippen molar-refractivity contribution in [3.05, 3.63) is 69.6 Å². The highest BCUT2D eigenvalue weighted by atomic mass is 19.1. The summed E-state index contributed by atoms with van der Waals surface area (Å²) in [6.45, 7) is 2.01. The van der Waals surface area contributed by atoms with Crippen molar-refractivity contribution in [1.82, 2.24) is 4.57 Å². The monoisotopic (exact) mass is 369 g/mol. The van der Waals surface area contributed by atoms with Gasteiger partial charge in [0, 0.05) is 11.9 Å². The molecule has 7 heteroatoms. The van der Waals surface area contributed by atoms with Crippen molar-refractivity contribution in [2.24, 2.45) is 0 Å². The highest BCUT2D eigenvalue weighted by Gasteiger charge is 2.25. The Balaban J connectivity index is 2.59. The Kier molecular flexibility index (Phi) is 4.77. The van der Waals surface area contributed by atoms with Crippen LogP contribution in [0.1, 0.15) is 22.8 Å². The third kappa shape index (κ3) is 3.19. The highest BCUT2D eigenvalue weighted by Crippen LogP contribution is 2.29. The molecule has 0 saturated heterocycles. The predicted molar refractivity (Wildman–Crippen MR) is 97.6 cm³/mol. The Morgan fingerprint density at radius 2 is 1.78 bits per heavy atom. The number of nitrogens with zero attached hydrogens (tertiary/aromatic N) is 1. The number of fused-ring (bicyclic) bond motifs is 1. The second kappa shape index (κ2) is 7.03.